The van der Waals surface area contributed by atoms with Crippen molar-refractivity contribution < 1.29 is 0 Å². The lowest BCUT2D eigenvalue weighted by Gasteiger charge is -2.10. The van der Waals surface area contributed by atoms with E-state index in [1.165, 1.54) is 0 Å². The number of benzene rings is 5. The van der Waals surface area contributed by atoms with Crippen molar-refractivity contribution in [3.63, 3.8) is 0 Å². The number of hydrogen-bond donors (Lipinski definition) is 2. The van der Waals surface area contributed by atoms with E-state index in [9.17, 15) is 0 Å². The van der Waals surface area contributed by atoms with Crippen LogP contribution in [0.5, 0.6) is 0 Å². The first-order valence-electron chi connectivity index (χ1n) is 12.0. The van der Waals surface area contributed by atoms with E-state index in [0.29, 0.717) is 10.0 Å². The van der Waals surface area contributed by atoms with Gasteiger partial charge in [-0.25, -0.2) is 0 Å². The van der Waals surface area contributed by atoms with Gasteiger partial charge in [0.2, 0.25) is 0 Å². The molecule has 2 N–H and O–H groups in total. The van der Waals surface area contributed by atoms with E-state index in [1.54, 1.807) is 0 Å². The van der Waals surface area contributed by atoms with Gasteiger partial charge in [0.1, 0.15) is 0 Å². The highest BCUT2D eigenvalue weighted by atomic mass is 35.5. The van der Waals surface area contributed by atoms with Crippen molar-refractivity contribution in [1.29, 1.82) is 0 Å². The Hall–Kier alpha value is -4.38. The summed E-state index contributed by atoms with van der Waals surface area (Å²) < 4.78 is 0. The van der Waals surface area contributed by atoms with Gasteiger partial charge in [-0.2, -0.15) is 0 Å². The summed E-state index contributed by atoms with van der Waals surface area (Å²) in [7, 11) is 0. The molecule has 6 heteroatoms. The molecule has 38 heavy (non-hydrogen) atoms. The van der Waals surface area contributed by atoms with Gasteiger partial charge in [0.25, 0.3) is 0 Å². The van der Waals surface area contributed by atoms with Crippen LogP contribution in [0.2, 0.25) is 10.0 Å². The monoisotopic (exact) mass is 534 g/mol. The molecule has 0 aliphatic heterocycles. The Kier molecular flexibility index (Phi) is 8.14. The fourth-order valence-electron chi connectivity index (χ4n) is 3.63. The fraction of sp³-hybridized carbons (Fsp3) is 0. The summed E-state index contributed by atoms with van der Waals surface area (Å²) in [6.45, 7) is 0. The maximum atomic E-state index is 5.93. The van der Waals surface area contributed by atoms with Crippen LogP contribution in [0, 0.1) is 0 Å². The molecular formula is C32H24Cl2N4. The van der Waals surface area contributed by atoms with Gasteiger partial charge in [-0.05, 0) is 108 Å². The number of aliphatic imine (C=N–C) groups is 2. The maximum Gasteiger partial charge on any atom is 0.0631 e. The highest BCUT2D eigenvalue weighted by Gasteiger charge is 1.99. The molecule has 0 unspecified atom stereocenters. The molecule has 0 saturated heterocycles. The average molecular weight is 535 g/mol. The Bertz CT molecular complexity index is 1400. The quantitative estimate of drug-likeness (QED) is 0.194. The van der Waals surface area contributed by atoms with Gasteiger partial charge >= 0.3 is 0 Å². The Labute approximate surface area is 232 Å². The SMILES string of the molecule is Clc1ccc(C=Nc2ccc(Nc3ccc(Nc4ccc(N=Cc5ccc(Cl)cc5)cc4)cc3)cc2)cc1. The highest BCUT2D eigenvalue weighted by molar-refractivity contribution is 6.30. The topological polar surface area (TPSA) is 48.8 Å². The fourth-order valence-corrected chi connectivity index (χ4v) is 3.88. The van der Waals surface area contributed by atoms with Crippen molar-refractivity contribution in [3.05, 3.63) is 142 Å². The molecule has 0 saturated carbocycles. The van der Waals surface area contributed by atoms with E-state index in [-0.39, 0.29) is 0 Å². The van der Waals surface area contributed by atoms with Crippen LogP contribution in [0.4, 0.5) is 34.1 Å². The Morgan fingerprint density at radius 3 is 1.00 bits per heavy atom. The van der Waals surface area contributed by atoms with E-state index in [2.05, 4.69) is 20.6 Å². The summed E-state index contributed by atoms with van der Waals surface area (Å²) in [6, 6.07) is 39.3. The normalized spacial score (nSPS) is 11.2. The van der Waals surface area contributed by atoms with E-state index in [4.69, 9.17) is 23.2 Å². The van der Waals surface area contributed by atoms with Crippen LogP contribution in [-0.4, -0.2) is 12.4 Å². The van der Waals surface area contributed by atoms with E-state index < -0.39 is 0 Å². The second kappa shape index (κ2) is 12.2. The highest BCUT2D eigenvalue weighted by Crippen LogP contribution is 2.24. The molecule has 4 nitrogen and oxygen atoms in total. The van der Waals surface area contributed by atoms with Crippen molar-refractivity contribution in [2.75, 3.05) is 10.6 Å². The molecule has 0 aromatic heterocycles. The van der Waals surface area contributed by atoms with Crippen molar-refractivity contribution in [2.45, 2.75) is 0 Å². The first-order chi connectivity index (χ1) is 18.6. The summed E-state index contributed by atoms with van der Waals surface area (Å²) in [5.74, 6) is 0. The largest absolute Gasteiger partial charge is 0.356 e. The number of nitrogens with one attached hydrogen (secondary N) is 2. The Morgan fingerprint density at radius 2 is 0.684 bits per heavy atom. The van der Waals surface area contributed by atoms with Crippen LogP contribution in [0.3, 0.4) is 0 Å². The zero-order chi connectivity index (χ0) is 26.2. The zero-order valence-corrected chi connectivity index (χ0v) is 21.9. The molecule has 0 spiro atoms. The molecule has 5 rings (SSSR count). The second-order valence-electron chi connectivity index (χ2n) is 8.54. The van der Waals surface area contributed by atoms with Gasteiger partial charge in [-0.1, -0.05) is 47.5 Å². The van der Waals surface area contributed by atoms with Crippen molar-refractivity contribution in [3.8, 4) is 0 Å². The van der Waals surface area contributed by atoms with Gasteiger partial charge in [0.15, 0.2) is 0 Å². The third-order valence-corrected chi connectivity index (χ3v) is 6.17. The third kappa shape index (κ3) is 7.32. The minimum Gasteiger partial charge on any atom is -0.356 e. The summed E-state index contributed by atoms with van der Waals surface area (Å²) >= 11 is 11.9. The predicted octanol–water partition coefficient (Wildman–Crippen LogP) is 9.98. The van der Waals surface area contributed by atoms with Crippen LogP contribution >= 0.6 is 23.2 Å². The maximum absolute atomic E-state index is 5.93. The van der Waals surface area contributed by atoms with Gasteiger partial charge in [-0.15, -0.1) is 0 Å². The lowest BCUT2D eigenvalue weighted by atomic mass is 10.2. The minimum atomic E-state index is 0.715. The van der Waals surface area contributed by atoms with Crippen molar-refractivity contribution in [1.82, 2.24) is 0 Å². The van der Waals surface area contributed by atoms with Crippen LogP contribution in [0.25, 0.3) is 0 Å². The molecule has 0 aliphatic rings. The molecule has 0 heterocycles. The predicted molar refractivity (Wildman–Crippen MR) is 163 cm³/mol. The molecule has 0 radical (unpaired) electrons. The van der Waals surface area contributed by atoms with Crippen LogP contribution < -0.4 is 10.6 Å². The number of rotatable bonds is 8. The summed E-state index contributed by atoms with van der Waals surface area (Å²) in [6.07, 6.45) is 3.65. The average Bonchev–Trinajstić information content (AvgIpc) is 2.95. The first kappa shape index (κ1) is 25.3. The van der Waals surface area contributed by atoms with Crippen LogP contribution in [0.15, 0.2) is 131 Å². The molecule has 0 atom stereocenters. The van der Waals surface area contributed by atoms with E-state index >= 15 is 0 Å². The van der Waals surface area contributed by atoms with Gasteiger partial charge in [-0.3, -0.25) is 9.98 Å². The number of halogens is 2. The first-order valence-corrected chi connectivity index (χ1v) is 12.8. The van der Waals surface area contributed by atoms with Crippen molar-refractivity contribution >= 4 is 69.8 Å². The number of hydrogen-bond acceptors (Lipinski definition) is 4. The standard InChI is InChI=1S/C32H24Cl2N4/c33-25-5-1-23(2-6-25)21-35-27-9-13-29(14-10-27)37-31-17-19-32(20-18-31)38-30-15-11-28(12-16-30)36-22-24-3-7-26(34)8-4-24/h1-22,37-38H. The molecule has 5 aromatic rings. The molecule has 5 aromatic carbocycles. The van der Waals surface area contributed by atoms with E-state index in [1.807, 2.05) is 134 Å². The summed E-state index contributed by atoms with van der Waals surface area (Å²) in [5, 5.41) is 8.28. The Morgan fingerprint density at radius 1 is 0.395 bits per heavy atom. The summed E-state index contributed by atoms with van der Waals surface area (Å²) in [5.41, 5.74) is 7.75. The molecule has 0 aliphatic carbocycles. The second-order valence-corrected chi connectivity index (χ2v) is 9.41. The molecule has 0 fully saturated rings. The van der Waals surface area contributed by atoms with Crippen LogP contribution in [-0.2, 0) is 0 Å². The lowest BCUT2D eigenvalue weighted by Crippen LogP contribution is -1.92. The smallest absolute Gasteiger partial charge is 0.0631 e. The molecule has 186 valence electrons. The molecule has 0 bridgehead atoms. The van der Waals surface area contributed by atoms with Gasteiger partial charge in [0, 0.05) is 45.2 Å². The minimum absolute atomic E-state index is 0.715. The molecule has 0 amide bonds. The third-order valence-electron chi connectivity index (χ3n) is 5.66. The Balaban J connectivity index is 1.14. The van der Waals surface area contributed by atoms with Gasteiger partial charge < -0.3 is 10.6 Å². The molecular weight excluding hydrogens is 511 g/mol. The number of anilines is 4. The van der Waals surface area contributed by atoms with Gasteiger partial charge in [0.05, 0.1) is 11.4 Å². The lowest BCUT2D eigenvalue weighted by molar-refractivity contribution is 1.48. The van der Waals surface area contributed by atoms with E-state index in [0.717, 1.165) is 45.3 Å². The summed E-state index contributed by atoms with van der Waals surface area (Å²) in [4.78, 5) is 9.04. The van der Waals surface area contributed by atoms with Crippen molar-refractivity contribution in [2.24, 2.45) is 9.98 Å². The van der Waals surface area contributed by atoms with Crippen LogP contribution in [0.1, 0.15) is 11.1 Å². The zero-order valence-electron chi connectivity index (χ0n) is 20.4. The number of nitrogens with zero attached hydrogens (tertiary/aromatic N) is 2.